The molecule has 0 aromatic heterocycles. The van der Waals surface area contributed by atoms with Gasteiger partial charge in [0, 0.05) is 31.5 Å². The van der Waals surface area contributed by atoms with Crippen LogP contribution in [0.4, 0.5) is 0 Å². The maximum Gasteiger partial charge on any atom is 0.282 e. The molecule has 7 heteroatoms. The molecule has 5 nitrogen and oxygen atoms in total. The van der Waals surface area contributed by atoms with Gasteiger partial charge in [-0.1, -0.05) is 15.9 Å². The van der Waals surface area contributed by atoms with Crippen molar-refractivity contribution >= 4 is 26.1 Å². The van der Waals surface area contributed by atoms with Gasteiger partial charge in [0.25, 0.3) is 10.2 Å². The Kier molecular flexibility index (Phi) is 4.98. The summed E-state index contributed by atoms with van der Waals surface area (Å²) in [5, 5.41) is 0.632. The van der Waals surface area contributed by atoms with Crippen LogP contribution in [0.5, 0.6) is 0 Å². The number of ether oxygens (including phenoxy) is 1. The van der Waals surface area contributed by atoms with Crippen molar-refractivity contribution in [1.29, 1.82) is 0 Å². The molecule has 1 unspecified atom stereocenters. The number of hydrogen-bond acceptors (Lipinski definition) is 3. The van der Waals surface area contributed by atoms with Crippen molar-refractivity contribution in [1.82, 2.24) is 8.61 Å². The molecular formula is C8H17BrN2O3S. The van der Waals surface area contributed by atoms with Crippen molar-refractivity contribution in [3.8, 4) is 0 Å². The molecular weight excluding hydrogens is 284 g/mol. The molecule has 1 aliphatic heterocycles. The standard InChI is InChI=1S/C8H17BrN2O3S/c1-8(7-9)10(2)15(12,13)11-3-5-14-6-4-11/h8H,3-7H2,1-2H3. The van der Waals surface area contributed by atoms with E-state index in [0.29, 0.717) is 31.6 Å². The third-order valence-corrected chi connectivity index (χ3v) is 5.55. The van der Waals surface area contributed by atoms with Crippen LogP contribution in [-0.2, 0) is 14.9 Å². The van der Waals surface area contributed by atoms with E-state index in [1.54, 1.807) is 7.05 Å². The van der Waals surface area contributed by atoms with Crippen LogP contribution in [0.3, 0.4) is 0 Å². The van der Waals surface area contributed by atoms with E-state index in [1.807, 2.05) is 6.92 Å². The SMILES string of the molecule is CC(CBr)N(C)S(=O)(=O)N1CCOCC1. The first kappa shape index (κ1) is 13.4. The minimum Gasteiger partial charge on any atom is -0.379 e. The average Bonchev–Trinajstić information content (AvgIpc) is 2.28. The topological polar surface area (TPSA) is 49.9 Å². The van der Waals surface area contributed by atoms with Gasteiger partial charge in [0.05, 0.1) is 13.2 Å². The zero-order valence-corrected chi connectivity index (χ0v) is 11.4. The summed E-state index contributed by atoms with van der Waals surface area (Å²) in [6.45, 7) is 3.72. The quantitative estimate of drug-likeness (QED) is 0.701. The molecule has 15 heavy (non-hydrogen) atoms. The van der Waals surface area contributed by atoms with Gasteiger partial charge < -0.3 is 4.74 Å². The highest BCUT2D eigenvalue weighted by atomic mass is 79.9. The summed E-state index contributed by atoms with van der Waals surface area (Å²) in [5.41, 5.74) is 0. The molecule has 0 aromatic rings. The van der Waals surface area contributed by atoms with Crippen molar-refractivity contribution in [2.45, 2.75) is 13.0 Å². The van der Waals surface area contributed by atoms with Gasteiger partial charge >= 0.3 is 0 Å². The Balaban J connectivity index is 2.72. The molecule has 0 aromatic carbocycles. The van der Waals surface area contributed by atoms with E-state index in [1.165, 1.54) is 8.61 Å². The van der Waals surface area contributed by atoms with E-state index >= 15 is 0 Å². The molecule has 1 aliphatic rings. The summed E-state index contributed by atoms with van der Waals surface area (Å²) < 4.78 is 32.1. The molecule has 1 rings (SSSR count). The third kappa shape index (κ3) is 3.13. The minimum absolute atomic E-state index is 0.0437. The summed E-state index contributed by atoms with van der Waals surface area (Å²) >= 11 is 3.28. The van der Waals surface area contributed by atoms with E-state index in [9.17, 15) is 8.42 Å². The molecule has 90 valence electrons. The maximum atomic E-state index is 12.1. The van der Waals surface area contributed by atoms with Gasteiger partial charge in [0.15, 0.2) is 0 Å². The Morgan fingerprint density at radius 1 is 1.47 bits per heavy atom. The van der Waals surface area contributed by atoms with Crippen LogP contribution in [0.2, 0.25) is 0 Å². The minimum atomic E-state index is -3.32. The van der Waals surface area contributed by atoms with Crippen LogP contribution < -0.4 is 0 Å². The molecule has 1 fully saturated rings. The Morgan fingerprint density at radius 3 is 2.47 bits per heavy atom. The van der Waals surface area contributed by atoms with Gasteiger partial charge in [0.2, 0.25) is 0 Å². The van der Waals surface area contributed by atoms with Crippen molar-refractivity contribution in [3.63, 3.8) is 0 Å². The van der Waals surface area contributed by atoms with Crippen molar-refractivity contribution < 1.29 is 13.2 Å². The molecule has 1 saturated heterocycles. The Labute approximate surface area is 99.7 Å². The fourth-order valence-electron chi connectivity index (χ4n) is 1.28. The molecule has 0 radical (unpaired) electrons. The molecule has 0 bridgehead atoms. The Hall–Kier alpha value is 0.310. The molecule has 0 spiro atoms. The summed E-state index contributed by atoms with van der Waals surface area (Å²) in [5.74, 6) is 0. The molecule has 0 aliphatic carbocycles. The van der Waals surface area contributed by atoms with Crippen molar-refractivity contribution in [2.75, 3.05) is 38.7 Å². The normalized spacial score (nSPS) is 21.9. The summed E-state index contributed by atoms with van der Waals surface area (Å²) in [7, 11) is -1.71. The van der Waals surface area contributed by atoms with Gasteiger partial charge in [-0.15, -0.1) is 0 Å². The second-order valence-corrected chi connectivity index (χ2v) is 6.17. The summed E-state index contributed by atoms with van der Waals surface area (Å²) in [4.78, 5) is 0. The zero-order valence-electron chi connectivity index (χ0n) is 9.02. The second-order valence-electron chi connectivity index (χ2n) is 3.54. The first-order valence-electron chi connectivity index (χ1n) is 4.87. The number of morpholine rings is 1. The molecule has 0 N–H and O–H groups in total. The van der Waals surface area contributed by atoms with Gasteiger partial charge in [-0.2, -0.15) is 17.0 Å². The second kappa shape index (κ2) is 5.58. The average molecular weight is 301 g/mol. The fraction of sp³-hybridized carbons (Fsp3) is 1.00. The molecule has 1 atom stereocenters. The van der Waals surface area contributed by atoms with Crippen LogP contribution >= 0.6 is 15.9 Å². The fourth-order valence-corrected chi connectivity index (χ4v) is 3.41. The lowest BCUT2D eigenvalue weighted by Crippen LogP contribution is -2.50. The number of hydrogen-bond donors (Lipinski definition) is 0. The van der Waals surface area contributed by atoms with Gasteiger partial charge in [-0.3, -0.25) is 0 Å². The first-order chi connectivity index (χ1) is 7.00. The first-order valence-corrected chi connectivity index (χ1v) is 7.38. The highest BCUT2D eigenvalue weighted by molar-refractivity contribution is 9.09. The van der Waals surface area contributed by atoms with Crippen LogP contribution in [0, 0.1) is 0 Å². The van der Waals surface area contributed by atoms with Gasteiger partial charge in [-0.05, 0) is 6.92 Å². The van der Waals surface area contributed by atoms with E-state index in [0.717, 1.165) is 0 Å². The Morgan fingerprint density at radius 2 is 2.00 bits per heavy atom. The monoisotopic (exact) mass is 300 g/mol. The van der Waals surface area contributed by atoms with E-state index < -0.39 is 10.2 Å². The third-order valence-electron chi connectivity index (χ3n) is 2.50. The highest BCUT2D eigenvalue weighted by Gasteiger charge is 2.30. The smallest absolute Gasteiger partial charge is 0.282 e. The van der Waals surface area contributed by atoms with E-state index in [2.05, 4.69) is 15.9 Å². The molecule has 1 heterocycles. The van der Waals surface area contributed by atoms with Crippen LogP contribution in [0.15, 0.2) is 0 Å². The summed E-state index contributed by atoms with van der Waals surface area (Å²) in [6.07, 6.45) is 0. The van der Waals surface area contributed by atoms with Gasteiger partial charge in [-0.25, -0.2) is 0 Å². The zero-order chi connectivity index (χ0) is 11.5. The number of nitrogens with zero attached hydrogens (tertiary/aromatic N) is 2. The Bertz CT molecular complexity index is 282. The highest BCUT2D eigenvalue weighted by Crippen LogP contribution is 2.13. The van der Waals surface area contributed by atoms with E-state index in [4.69, 9.17) is 4.74 Å². The molecule has 0 amide bonds. The predicted octanol–water partition coefficient (Wildman–Crippen LogP) is 0.279. The number of rotatable bonds is 4. The van der Waals surface area contributed by atoms with E-state index in [-0.39, 0.29) is 6.04 Å². The predicted molar refractivity (Wildman–Crippen MR) is 62.3 cm³/mol. The molecule has 0 saturated carbocycles. The van der Waals surface area contributed by atoms with Crippen molar-refractivity contribution in [2.24, 2.45) is 0 Å². The lowest BCUT2D eigenvalue weighted by atomic mass is 10.4. The van der Waals surface area contributed by atoms with Crippen LogP contribution in [0.25, 0.3) is 0 Å². The van der Waals surface area contributed by atoms with Gasteiger partial charge in [0.1, 0.15) is 0 Å². The van der Waals surface area contributed by atoms with Crippen molar-refractivity contribution in [3.05, 3.63) is 0 Å². The van der Waals surface area contributed by atoms with Crippen LogP contribution in [-0.4, -0.2) is 61.8 Å². The number of alkyl halides is 1. The largest absolute Gasteiger partial charge is 0.379 e. The maximum absolute atomic E-state index is 12.1. The van der Waals surface area contributed by atoms with Crippen LogP contribution in [0.1, 0.15) is 6.92 Å². The number of halogens is 1. The lowest BCUT2D eigenvalue weighted by Gasteiger charge is -2.32. The lowest BCUT2D eigenvalue weighted by molar-refractivity contribution is 0.0701. The summed E-state index contributed by atoms with van der Waals surface area (Å²) in [6, 6.07) is -0.0437.